The van der Waals surface area contributed by atoms with Crippen molar-refractivity contribution in [3.63, 3.8) is 0 Å². The molecular weight excluding hydrogens is 248 g/mol. The van der Waals surface area contributed by atoms with Gasteiger partial charge in [0.05, 0.1) is 13.4 Å². The molecule has 0 aliphatic heterocycles. The molecule has 2 rings (SSSR count). The van der Waals surface area contributed by atoms with Crippen LogP contribution in [0.15, 0.2) is 28.9 Å². The molecule has 0 saturated heterocycles. The molecule has 19 heavy (non-hydrogen) atoms. The van der Waals surface area contributed by atoms with Crippen molar-refractivity contribution in [2.24, 2.45) is 0 Å². The average molecular weight is 264 g/mol. The van der Waals surface area contributed by atoms with Gasteiger partial charge in [0.1, 0.15) is 0 Å². The molecule has 0 bridgehead atoms. The highest BCUT2D eigenvalue weighted by atomic mass is 16.6. The van der Waals surface area contributed by atoms with Crippen molar-refractivity contribution in [1.82, 2.24) is 0 Å². The highest BCUT2D eigenvalue weighted by Gasteiger charge is 2.11. The second-order valence-electron chi connectivity index (χ2n) is 4.09. The van der Waals surface area contributed by atoms with Crippen LogP contribution >= 0.6 is 0 Å². The fraction of sp³-hybridized carbons (Fsp3) is 0.357. The zero-order valence-corrected chi connectivity index (χ0v) is 10.7. The van der Waals surface area contributed by atoms with Gasteiger partial charge in [0.2, 0.25) is 0 Å². The minimum absolute atomic E-state index is 0.144. The Morgan fingerprint density at radius 3 is 3.00 bits per heavy atom. The van der Waals surface area contributed by atoms with Crippen LogP contribution < -0.4 is 4.74 Å². The highest BCUT2D eigenvalue weighted by molar-refractivity contribution is 5.86. The minimum atomic E-state index is -0.441. The summed E-state index contributed by atoms with van der Waals surface area (Å²) in [7, 11) is 1.31. The molecule has 0 aliphatic rings. The predicted molar refractivity (Wildman–Crippen MR) is 69.1 cm³/mol. The Hall–Kier alpha value is -2.01. The van der Waals surface area contributed by atoms with Crippen molar-refractivity contribution in [3.05, 3.63) is 30.0 Å². The van der Waals surface area contributed by atoms with Gasteiger partial charge in [-0.3, -0.25) is 0 Å². The molecule has 0 spiro atoms. The van der Waals surface area contributed by atoms with Crippen LogP contribution in [0, 0.1) is 0 Å². The van der Waals surface area contributed by atoms with Crippen LogP contribution in [0.3, 0.4) is 0 Å². The Morgan fingerprint density at radius 1 is 1.42 bits per heavy atom. The summed E-state index contributed by atoms with van der Waals surface area (Å²) in [5.41, 5.74) is 1.63. The third-order valence-electron chi connectivity index (χ3n) is 2.82. The van der Waals surface area contributed by atoms with E-state index in [1.165, 1.54) is 7.11 Å². The summed E-state index contributed by atoms with van der Waals surface area (Å²) in [5, 5.41) is 9.80. The number of esters is 1. The number of aliphatic hydroxyl groups is 1. The first-order valence-corrected chi connectivity index (χ1v) is 6.06. The molecule has 102 valence electrons. The summed E-state index contributed by atoms with van der Waals surface area (Å²) in [5.74, 6) is 0.0715. The zero-order valence-electron chi connectivity index (χ0n) is 10.7. The number of fused-ring (bicyclic) bond motifs is 1. The Labute approximate surface area is 110 Å². The molecule has 0 atom stereocenters. The molecule has 0 saturated carbocycles. The summed E-state index contributed by atoms with van der Waals surface area (Å²) >= 11 is 0. The summed E-state index contributed by atoms with van der Waals surface area (Å²) in [4.78, 5) is 11.1. The second-order valence-corrected chi connectivity index (χ2v) is 4.09. The van der Waals surface area contributed by atoms with E-state index in [0.717, 1.165) is 17.4 Å². The predicted octanol–water partition coefficient (Wildman–Crippen LogP) is 1.91. The van der Waals surface area contributed by atoms with E-state index in [1.807, 2.05) is 12.1 Å². The van der Waals surface area contributed by atoms with Crippen LogP contribution in [0.25, 0.3) is 11.0 Å². The van der Waals surface area contributed by atoms with Gasteiger partial charge in [-0.2, -0.15) is 0 Å². The first kappa shape index (κ1) is 13.4. The van der Waals surface area contributed by atoms with Gasteiger partial charge in [-0.15, -0.1) is 0 Å². The van der Waals surface area contributed by atoms with E-state index in [-0.39, 0.29) is 13.2 Å². The topological polar surface area (TPSA) is 68.9 Å². The number of furan rings is 1. The van der Waals surface area contributed by atoms with E-state index >= 15 is 0 Å². The Balaban J connectivity index is 2.21. The number of ether oxygens (including phenoxy) is 2. The third kappa shape index (κ3) is 3.06. The largest absolute Gasteiger partial charge is 0.478 e. The minimum Gasteiger partial charge on any atom is -0.478 e. The van der Waals surface area contributed by atoms with Gasteiger partial charge < -0.3 is 19.0 Å². The molecule has 0 unspecified atom stereocenters. The average Bonchev–Trinajstić information content (AvgIpc) is 2.86. The van der Waals surface area contributed by atoms with Gasteiger partial charge in [-0.05, 0) is 24.5 Å². The Morgan fingerprint density at radius 2 is 2.26 bits per heavy atom. The van der Waals surface area contributed by atoms with Crippen LogP contribution in [-0.4, -0.2) is 31.4 Å². The lowest BCUT2D eigenvalue weighted by Crippen LogP contribution is -2.12. The maximum atomic E-state index is 11.1. The molecule has 1 N–H and O–H groups in total. The number of rotatable bonds is 6. The van der Waals surface area contributed by atoms with Crippen molar-refractivity contribution in [2.45, 2.75) is 12.8 Å². The number of carbonyl (C=O) groups is 1. The fourth-order valence-electron chi connectivity index (χ4n) is 1.86. The van der Waals surface area contributed by atoms with Crippen LogP contribution in [0.5, 0.6) is 5.75 Å². The van der Waals surface area contributed by atoms with Crippen molar-refractivity contribution >= 4 is 16.9 Å². The standard InChI is InChI=1S/C14H16O5/c1-17-13(16)9-18-12-6-2-5-11-10(4-3-7-15)8-19-14(11)12/h2,5-6,8,15H,3-4,7,9H2,1H3. The number of carbonyl (C=O) groups excluding carboxylic acids is 1. The van der Waals surface area contributed by atoms with E-state index in [9.17, 15) is 4.79 Å². The lowest BCUT2D eigenvalue weighted by atomic mass is 10.1. The Bertz CT molecular complexity index is 558. The molecule has 5 heteroatoms. The smallest absolute Gasteiger partial charge is 0.343 e. The number of hydrogen-bond donors (Lipinski definition) is 1. The molecule has 0 aliphatic carbocycles. The molecule has 2 aromatic rings. The highest BCUT2D eigenvalue weighted by Crippen LogP contribution is 2.30. The van der Waals surface area contributed by atoms with Crippen molar-refractivity contribution in [1.29, 1.82) is 0 Å². The summed E-state index contributed by atoms with van der Waals surface area (Å²) in [6, 6.07) is 5.51. The third-order valence-corrected chi connectivity index (χ3v) is 2.82. The molecule has 0 amide bonds. The number of aryl methyl sites for hydroxylation is 1. The van der Waals surface area contributed by atoms with E-state index < -0.39 is 5.97 Å². The number of aliphatic hydroxyl groups excluding tert-OH is 1. The van der Waals surface area contributed by atoms with Gasteiger partial charge >= 0.3 is 5.97 Å². The number of para-hydroxylation sites is 1. The molecule has 1 heterocycles. The molecule has 5 nitrogen and oxygen atoms in total. The van der Waals surface area contributed by atoms with Crippen LogP contribution in [0.2, 0.25) is 0 Å². The molecule has 1 aromatic heterocycles. The lowest BCUT2D eigenvalue weighted by Gasteiger charge is -2.05. The van der Waals surface area contributed by atoms with Crippen molar-refractivity contribution < 1.29 is 23.8 Å². The van der Waals surface area contributed by atoms with Gasteiger partial charge in [-0.1, -0.05) is 12.1 Å². The number of methoxy groups -OCH3 is 1. The molecule has 0 radical (unpaired) electrons. The normalized spacial score (nSPS) is 10.6. The second kappa shape index (κ2) is 6.24. The summed E-state index contributed by atoms with van der Waals surface area (Å²) < 4.78 is 15.4. The van der Waals surface area contributed by atoms with E-state index in [1.54, 1.807) is 12.3 Å². The maximum Gasteiger partial charge on any atom is 0.343 e. The quantitative estimate of drug-likeness (QED) is 0.807. The van der Waals surface area contributed by atoms with E-state index in [0.29, 0.717) is 17.8 Å². The first-order valence-electron chi connectivity index (χ1n) is 6.06. The van der Waals surface area contributed by atoms with E-state index in [4.69, 9.17) is 14.3 Å². The Kier molecular flexibility index (Phi) is 4.41. The summed E-state index contributed by atoms with van der Waals surface area (Å²) in [6.45, 7) is -0.00646. The van der Waals surface area contributed by atoms with E-state index in [2.05, 4.69) is 4.74 Å². The van der Waals surface area contributed by atoms with Crippen LogP contribution in [-0.2, 0) is 16.0 Å². The van der Waals surface area contributed by atoms with Gasteiger partial charge in [0.15, 0.2) is 17.9 Å². The van der Waals surface area contributed by atoms with Crippen molar-refractivity contribution in [3.8, 4) is 5.75 Å². The fourth-order valence-corrected chi connectivity index (χ4v) is 1.86. The summed E-state index contributed by atoms with van der Waals surface area (Å²) in [6.07, 6.45) is 3.08. The maximum absolute atomic E-state index is 11.1. The van der Waals surface area contributed by atoms with Crippen LogP contribution in [0.4, 0.5) is 0 Å². The lowest BCUT2D eigenvalue weighted by molar-refractivity contribution is -0.142. The number of benzene rings is 1. The van der Waals surface area contributed by atoms with Crippen LogP contribution in [0.1, 0.15) is 12.0 Å². The SMILES string of the molecule is COC(=O)COc1cccc2c(CCCO)coc12. The molecule has 0 fully saturated rings. The molecule has 1 aromatic carbocycles. The molecular formula is C14H16O5. The van der Waals surface area contributed by atoms with Gasteiger partial charge in [-0.25, -0.2) is 4.79 Å². The first-order chi connectivity index (χ1) is 9.26. The van der Waals surface area contributed by atoms with Crippen molar-refractivity contribution in [2.75, 3.05) is 20.3 Å². The monoisotopic (exact) mass is 264 g/mol. The number of hydrogen-bond acceptors (Lipinski definition) is 5. The zero-order chi connectivity index (χ0) is 13.7. The van der Waals surface area contributed by atoms with Gasteiger partial charge in [0.25, 0.3) is 0 Å². The van der Waals surface area contributed by atoms with Gasteiger partial charge in [0, 0.05) is 12.0 Å².